The summed E-state index contributed by atoms with van der Waals surface area (Å²) in [7, 11) is 0. The molecular weight excluding hydrogens is 308 g/mol. The molecule has 0 atom stereocenters. The lowest BCUT2D eigenvalue weighted by Crippen LogP contribution is -2.17. The van der Waals surface area contributed by atoms with Crippen molar-refractivity contribution in [3.05, 3.63) is 39.9 Å². The molecule has 0 aliphatic heterocycles. The zero-order valence-electron chi connectivity index (χ0n) is 12.0. The predicted molar refractivity (Wildman–Crippen MR) is 88.0 cm³/mol. The van der Waals surface area contributed by atoms with Gasteiger partial charge in [-0.1, -0.05) is 32.4 Å². The van der Waals surface area contributed by atoms with Crippen LogP contribution < -0.4 is 16.6 Å². The summed E-state index contributed by atoms with van der Waals surface area (Å²) in [6.07, 6.45) is 0. The lowest BCUT2D eigenvalue weighted by Gasteiger charge is -2.14. The molecule has 4 N–H and O–H groups in total. The Kier molecular flexibility index (Phi) is 4.51. The van der Waals surface area contributed by atoms with E-state index in [1.807, 2.05) is 5.38 Å². The van der Waals surface area contributed by atoms with E-state index in [2.05, 4.69) is 36.5 Å². The van der Waals surface area contributed by atoms with Crippen LogP contribution in [0.4, 0.5) is 10.8 Å². The Bertz CT molecular complexity index is 663. The highest BCUT2D eigenvalue weighted by molar-refractivity contribution is 7.14. The summed E-state index contributed by atoms with van der Waals surface area (Å²) < 4.78 is 0. The minimum atomic E-state index is -0.305. The van der Waals surface area contributed by atoms with Crippen LogP contribution in [0.5, 0.6) is 0 Å². The largest absolute Gasteiger partial charge is 0.323 e. The van der Waals surface area contributed by atoms with Crippen LogP contribution in [-0.2, 0) is 5.41 Å². The van der Waals surface area contributed by atoms with Gasteiger partial charge in [0.1, 0.15) is 0 Å². The molecule has 1 aromatic heterocycles. The van der Waals surface area contributed by atoms with Crippen molar-refractivity contribution in [1.29, 1.82) is 0 Å². The first-order valence-electron chi connectivity index (χ1n) is 6.35. The normalized spacial score (nSPS) is 11.3. The van der Waals surface area contributed by atoms with E-state index in [1.165, 1.54) is 11.3 Å². The molecule has 0 aliphatic carbocycles. The van der Waals surface area contributed by atoms with E-state index in [9.17, 15) is 4.79 Å². The molecule has 0 aliphatic rings. The number of carbonyl (C=O) groups is 1. The van der Waals surface area contributed by atoms with E-state index < -0.39 is 0 Å². The van der Waals surface area contributed by atoms with Crippen molar-refractivity contribution in [3.63, 3.8) is 0 Å². The minimum absolute atomic E-state index is 0.0560. The Labute approximate surface area is 132 Å². The number of benzene rings is 1. The smallest absolute Gasteiger partial charge is 0.259 e. The van der Waals surface area contributed by atoms with Gasteiger partial charge in [0, 0.05) is 15.8 Å². The molecule has 2 rings (SSSR count). The van der Waals surface area contributed by atoms with Crippen LogP contribution in [0.3, 0.4) is 0 Å². The highest BCUT2D eigenvalue weighted by Gasteiger charge is 2.19. The average Bonchev–Trinajstić information content (AvgIpc) is 2.87. The standard InChI is InChI=1S/C14H17ClN4OS/c1-14(2,3)11-7-21-13(17-11)18-12(20)9-6-8(15)4-5-10(9)19-16/h4-7,19H,16H2,1-3H3,(H,17,18,20). The number of nitrogens with zero attached hydrogens (tertiary/aromatic N) is 1. The first kappa shape index (κ1) is 15.8. The summed E-state index contributed by atoms with van der Waals surface area (Å²) >= 11 is 7.31. The van der Waals surface area contributed by atoms with Crippen molar-refractivity contribution in [2.75, 3.05) is 10.7 Å². The fourth-order valence-electron chi connectivity index (χ4n) is 1.67. The number of nitrogen functional groups attached to an aromatic ring is 1. The molecule has 0 spiro atoms. The number of thiazole rings is 1. The third kappa shape index (κ3) is 3.72. The first-order valence-corrected chi connectivity index (χ1v) is 7.60. The average molecular weight is 325 g/mol. The van der Waals surface area contributed by atoms with Gasteiger partial charge < -0.3 is 5.43 Å². The Morgan fingerprint density at radius 1 is 1.38 bits per heavy atom. The Hall–Kier alpha value is -1.63. The van der Waals surface area contributed by atoms with Crippen molar-refractivity contribution in [2.45, 2.75) is 26.2 Å². The lowest BCUT2D eigenvalue weighted by molar-refractivity contribution is 0.102. The molecule has 0 unspecified atom stereocenters. The monoisotopic (exact) mass is 324 g/mol. The van der Waals surface area contributed by atoms with Gasteiger partial charge >= 0.3 is 0 Å². The van der Waals surface area contributed by atoms with Crippen LogP contribution in [0.1, 0.15) is 36.8 Å². The van der Waals surface area contributed by atoms with Crippen molar-refractivity contribution >= 4 is 39.7 Å². The third-order valence-corrected chi connectivity index (χ3v) is 3.87. The summed E-state index contributed by atoms with van der Waals surface area (Å²) in [5, 5.41) is 5.72. The number of anilines is 2. The van der Waals surface area contributed by atoms with Crippen molar-refractivity contribution in [3.8, 4) is 0 Å². The van der Waals surface area contributed by atoms with E-state index in [0.29, 0.717) is 21.4 Å². The number of aromatic nitrogens is 1. The quantitative estimate of drug-likeness (QED) is 0.595. The minimum Gasteiger partial charge on any atom is -0.323 e. The second kappa shape index (κ2) is 6.01. The van der Waals surface area contributed by atoms with Crippen LogP contribution in [0, 0.1) is 0 Å². The predicted octanol–water partition coefficient (Wildman–Crippen LogP) is 3.63. The van der Waals surface area contributed by atoms with E-state index >= 15 is 0 Å². The number of nitrogens with two attached hydrogens (primary N) is 1. The molecule has 1 heterocycles. The number of carbonyl (C=O) groups excluding carboxylic acids is 1. The first-order chi connectivity index (χ1) is 9.81. The van der Waals surface area contributed by atoms with Gasteiger partial charge in [-0.3, -0.25) is 16.0 Å². The van der Waals surface area contributed by atoms with Gasteiger partial charge in [-0.2, -0.15) is 0 Å². The number of halogens is 1. The zero-order chi connectivity index (χ0) is 15.6. The SMILES string of the molecule is CC(C)(C)c1csc(NC(=O)c2cc(Cl)ccc2NN)n1. The van der Waals surface area contributed by atoms with Gasteiger partial charge in [0.05, 0.1) is 16.9 Å². The molecule has 0 fully saturated rings. The number of hydrazine groups is 1. The van der Waals surface area contributed by atoms with Crippen LogP contribution in [0.25, 0.3) is 0 Å². The Morgan fingerprint density at radius 2 is 2.10 bits per heavy atom. The fraction of sp³-hybridized carbons (Fsp3) is 0.286. The summed E-state index contributed by atoms with van der Waals surface area (Å²) in [6.45, 7) is 6.21. The van der Waals surface area contributed by atoms with Crippen LogP contribution in [-0.4, -0.2) is 10.9 Å². The summed E-state index contributed by atoms with van der Waals surface area (Å²) in [5.74, 6) is 5.10. The highest BCUT2D eigenvalue weighted by Crippen LogP contribution is 2.27. The maximum atomic E-state index is 12.3. The summed E-state index contributed by atoms with van der Waals surface area (Å²) in [4.78, 5) is 16.7. The molecule has 0 saturated heterocycles. The maximum Gasteiger partial charge on any atom is 0.259 e. The molecule has 7 heteroatoms. The molecule has 1 aromatic carbocycles. The van der Waals surface area contributed by atoms with Crippen molar-refractivity contribution in [2.24, 2.45) is 5.84 Å². The number of nitrogens with one attached hydrogen (secondary N) is 2. The van der Waals surface area contributed by atoms with Crippen molar-refractivity contribution in [1.82, 2.24) is 4.98 Å². The van der Waals surface area contributed by atoms with Gasteiger partial charge in [-0.05, 0) is 18.2 Å². The van der Waals surface area contributed by atoms with Crippen LogP contribution >= 0.6 is 22.9 Å². The highest BCUT2D eigenvalue weighted by atomic mass is 35.5. The van der Waals surface area contributed by atoms with Gasteiger partial charge in [0.2, 0.25) is 0 Å². The number of hydrogen-bond donors (Lipinski definition) is 3. The number of hydrogen-bond acceptors (Lipinski definition) is 5. The van der Waals surface area contributed by atoms with Crippen molar-refractivity contribution < 1.29 is 4.79 Å². The van der Waals surface area contributed by atoms with Crippen LogP contribution in [0.15, 0.2) is 23.6 Å². The lowest BCUT2D eigenvalue weighted by atomic mass is 9.93. The molecule has 21 heavy (non-hydrogen) atoms. The van der Waals surface area contributed by atoms with Crippen LogP contribution in [0.2, 0.25) is 5.02 Å². The molecule has 2 aromatic rings. The molecule has 0 bridgehead atoms. The second-order valence-corrected chi connectivity index (χ2v) is 6.87. The topological polar surface area (TPSA) is 80.0 Å². The maximum absolute atomic E-state index is 12.3. The third-order valence-electron chi connectivity index (χ3n) is 2.87. The summed E-state index contributed by atoms with van der Waals surface area (Å²) in [6, 6.07) is 4.87. The second-order valence-electron chi connectivity index (χ2n) is 5.58. The zero-order valence-corrected chi connectivity index (χ0v) is 13.6. The Morgan fingerprint density at radius 3 is 2.67 bits per heavy atom. The molecule has 5 nitrogen and oxygen atoms in total. The molecule has 112 valence electrons. The van der Waals surface area contributed by atoms with E-state index in [0.717, 1.165) is 5.69 Å². The van der Waals surface area contributed by atoms with E-state index in [4.69, 9.17) is 17.4 Å². The fourth-order valence-corrected chi connectivity index (χ4v) is 2.77. The number of amides is 1. The van der Waals surface area contributed by atoms with E-state index in [-0.39, 0.29) is 11.3 Å². The number of rotatable bonds is 3. The molecule has 1 amide bonds. The van der Waals surface area contributed by atoms with Gasteiger partial charge in [0.15, 0.2) is 5.13 Å². The van der Waals surface area contributed by atoms with Gasteiger partial charge in [-0.15, -0.1) is 11.3 Å². The molecule has 0 radical (unpaired) electrons. The Balaban J connectivity index is 2.22. The summed E-state index contributed by atoms with van der Waals surface area (Å²) in [5.41, 5.74) is 4.24. The molecular formula is C14H17ClN4OS. The molecule has 0 saturated carbocycles. The van der Waals surface area contributed by atoms with Gasteiger partial charge in [0.25, 0.3) is 5.91 Å². The van der Waals surface area contributed by atoms with Gasteiger partial charge in [-0.25, -0.2) is 4.98 Å². The van der Waals surface area contributed by atoms with E-state index in [1.54, 1.807) is 18.2 Å².